The average Bonchev–Trinajstić information content (AvgIpc) is 2.85. The van der Waals surface area contributed by atoms with Crippen LogP contribution >= 0.6 is 15.9 Å². The zero-order chi connectivity index (χ0) is 12.0. The Bertz CT molecular complexity index is 438. The van der Waals surface area contributed by atoms with Gasteiger partial charge in [-0.1, -0.05) is 15.9 Å². The summed E-state index contributed by atoms with van der Waals surface area (Å²) in [5.41, 5.74) is 0.936. The Labute approximate surface area is 108 Å². The second kappa shape index (κ2) is 4.15. The second-order valence-electron chi connectivity index (χ2n) is 4.24. The van der Waals surface area contributed by atoms with Gasteiger partial charge in [-0.05, 0) is 26.0 Å². The summed E-state index contributed by atoms with van der Waals surface area (Å²) >= 11 is 3.50. The molecule has 2 heterocycles. The van der Waals surface area contributed by atoms with Crippen molar-refractivity contribution in [1.29, 1.82) is 0 Å². The summed E-state index contributed by atoms with van der Waals surface area (Å²) in [7, 11) is 0. The van der Waals surface area contributed by atoms with Crippen molar-refractivity contribution in [3.05, 3.63) is 22.2 Å². The van der Waals surface area contributed by atoms with Gasteiger partial charge in [-0.25, -0.2) is 0 Å². The predicted octanol–water partition coefficient (Wildman–Crippen LogP) is 3.00. The van der Waals surface area contributed by atoms with Crippen LogP contribution in [0.2, 0.25) is 0 Å². The van der Waals surface area contributed by atoms with Crippen LogP contribution in [0.15, 0.2) is 16.6 Å². The molecule has 1 fully saturated rings. The highest BCUT2D eigenvalue weighted by Gasteiger charge is 2.33. The SMILES string of the molecule is CC1OC(c2cc3c(cc2Br)OCO3)OC1C. The Morgan fingerprint density at radius 3 is 2.29 bits per heavy atom. The zero-order valence-electron chi connectivity index (χ0n) is 9.60. The fourth-order valence-corrected chi connectivity index (χ4v) is 2.41. The van der Waals surface area contributed by atoms with Gasteiger partial charge in [0.1, 0.15) is 0 Å². The molecule has 1 aromatic rings. The highest BCUT2D eigenvalue weighted by Crippen LogP contribution is 2.42. The minimum absolute atomic E-state index is 0.0947. The van der Waals surface area contributed by atoms with Gasteiger partial charge in [0.05, 0.1) is 12.2 Å². The number of benzene rings is 1. The van der Waals surface area contributed by atoms with E-state index < -0.39 is 0 Å². The van der Waals surface area contributed by atoms with Crippen LogP contribution < -0.4 is 9.47 Å². The molecule has 92 valence electrons. The molecule has 5 heteroatoms. The molecule has 2 atom stereocenters. The molecule has 0 saturated carbocycles. The van der Waals surface area contributed by atoms with E-state index >= 15 is 0 Å². The largest absolute Gasteiger partial charge is 0.454 e. The summed E-state index contributed by atoms with van der Waals surface area (Å²) in [6, 6.07) is 3.79. The molecule has 0 N–H and O–H groups in total. The van der Waals surface area contributed by atoms with Gasteiger partial charge in [0.2, 0.25) is 6.79 Å². The van der Waals surface area contributed by atoms with Crippen LogP contribution in [-0.4, -0.2) is 19.0 Å². The number of halogens is 1. The topological polar surface area (TPSA) is 36.9 Å². The minimum Gasteiger partial charge on any atom is -0.454 e. The number of hydrogen-bond acceptors (Lipinski definition) is 4. The second-order valence-corrected chi connectivity index (χ2v) is 5.10. The van der Waals surface area contributed by atoms with E-state index in [1.807, 2.05) is 26.0 Å². The Kier molecular flexibility index (Phi) is 2.77. The molecule has 1 saturated heterocycles. The van der Waals surface area contributed by atoms with Gasteiger partial charge in [-0.2, -0.15) is 0 Å². The van der Waals surface area contributed by atoms with Crippen LogP contribution in [0, 0.1) is 0 Å². The normalized spacial score (nSPS) is 30.9. The number of hydrogen-bond donors (Lipinski definition) is 0. The highest BCUT2D eigenvalue weighted by molar-refractivity contribution is 9.10. The third-order valence-electron chi connectivity index (χ3n) is 3.08. The van der Waals surface area contributed by atoms with E-state index in [-0.39, 0.29) is 25.3 Å². The number of rotatable bonds is 1. The molecule has 17 heavy (non-hydrogen) atoms. The Hall–Kier alpha value is -0.780. The molecule has 3 rings (SSSR count). The number of fused-ring (bicyclic) bond motifs is 1. The lowest BCUT2D eigenvalue weighted by atomic mass is 10.2. The van der Waals surface area contributed by atoms with Crippen LogP contribution in [0.4, 0.5) is 0 Å². The standard InChI is InChI=1S/C12H13BrO4/c1-6-7(2)17-12(16-6)8-3-10-11(4-9(8)13)15-5-14-10/h3-4,6-7,12H,5H2,1-2H3. The van der Waals surface area contributed by atoms with E-state index in [1.54, 1.807) is 0 Å². The van der Waals surface area contributed by atoms with E-state index in [9.17, 15) is 0 Å². The fourth-order valence-electron chi connectivity index (χ4n) is 1.90. The monoisotopic (exact) mass is 300 g/mol. The summed E-state index contributed by atoms with van der Waals surface area (Å²) in [4.78, 5) is 0. The van der Waals surface area contributed by atoms with E-state index in [0.717, 1.165) is 21.5 Å². The van der Waals surface area contributed by atoms with Crippen molar-refractivity contribution in [1.82, 2.24) is 0 Å². The molecular formula is C12H13BrO4. The minimum atomic E-state index is -0.344. The Morgan fingerprint density at radius 2 is 1.65 bits per heavy atom. The average molecular weight is 301 g/mol. The summed E-state index contributed by atoms with van der Waals surface area (Å²) in [5, 5.41) is 0. The molecule has 2 unspecified atom stereocenters. The van der Waals surface area contributed by atoms with Gasteiger partial charge >= 0.3 is 0 Å². The van der Waals surface area contributed by atoms with Gasteiger partial charge in [0.15, 0.2) is 17.8 Å². The summed E-state index contributed by atoms with van der Waals surface area (Å²) in [6.45, 7) is 4.28. The molecule has 0 bridgehead atoms. The van der Waals surface area contributed by atoms with E-state index in [2.05, 4.69) is 15.9 Å². The maximum Gasteiger partial charge on any atom is 0.231 e. The molecule has 0 amide bonds. The van der Waals surface area contributed by atoms with Crippen molar-refractivity contribution < 1.29 is 18.9 Å². The lowest BCUT2D eigenvalue weighted by Crippen LogP contribution is -2.13. The molecule has 0 aliphatic carbocycles. The van der Waals surface area contributed by atoms with Crippen molar-refractivity contribution in [2.75, 3.05) is 6.79 Å². The molecule has 0 spiro atoms. The van der Waals surface area contributed by atoms with Crippen LogP contribution in [0.3, 0.4) is 0 Å². The van der Waals surface area contributed by atoms with Crippen molar-refractivity contribution in [2.45, 2.75) is 32.3 Å². The third-order valence-corrected chi connectivity index (χ3v) is 3.77. The van der Waals surface area contributed by atoms with E-state index in [0.29, 0.717) is 0 Å². The first kappa shape index (κ1) is 11.3. The van der Waals surface area contributed by atoms with Gasteiger partial charge in [0.25, 0.3) is 0 Å². The Morgan fingerprint density at radius 1 is 1.06 bits per heavy atom. The molecule has 0 radical (unpaired) electrons. The van der Waals surface area contributed by atoms with Crippen molar-refractivity contribution >= 4 is 15.9 Å². The van der Waals surface area contributed by atoms with Gasteiger partial charge < -0.3 is 18.9 Å². The Balaban J connectivity index is 1.93. The number of ether oxygens (including phenoxy) is 4. The maximum atomic E-state index is 5.75. The first-order valence-electron chi connectivity index (χ1n) is 5.55. The quantitative estimate of drug-likeness (QED) is 0.799. The molecular weight excluding hydrogens is 288 g/mol. The van der Waals surface area contributed by atoms with E-state index in [1.165, 1.54) is 0 Å². The molecule has 4 nitrogen and oxygen atoms in total. The third kappa shape index (κ3) is 1.92. The van der Waals surface area contributed by atoms with Crippen LogP contribution in [-0.2, 0) is 9.47 Å². The van der Waals surface area contributed by atoms with Gasteiger partial charge in [-0.15, -0.1) is 0 Å². The lowest BCUT2D eigenvalue weighted by Gasteiger charge is -2.13. The van der Waals surface area contributed by atoms with Crippen molar-refractivity contribution in [3.8, 4) is 11.5 Å². The molecule has 0 aromatic heterocycles. The summed E-state index contributed by atoms with van der Waals surface area (Å²) in [5.74, 6) is 1.49. The highest BCUT2D eigenvalue weighted by atomic mass is 79.9. The van der Waals surface area contributed by atoms with Crippen LogP contribution in [0.1, 0.15) is 25.7 Å². The lowest BCUT2D eigenvalue weighted by molar-refractivity contribution is -0.0658. The van der Waals surface area contributed by atoms with Crippen molar-refractivity contribution in [3.63, 3.8) is 0 Å². The molecule has 1 aromatic carbocycles. The van der Waals surface area contributed by atoms with Gasteiger partial charge in [-0.3, -0.25) is 0 Å². The maximum absolute atomic E-state index is 5.75. The van der Waals surface area contributed by atoms with Crippen molar-refractivity contribution in [2.24, 2.45) is 0 Å². The molecule has 2 aliphatic heterocycles. The fraction of sp³-hybridized carbons (Fsp3) is 0.500. The first-order valence-corrected chi connectivity index (χ1v) is 6.34. The van der Waals surface area contributed by atoms with Crippen LogP contribution in [0.25, 0.3) is 0 Å². The zero-order valence-corrected chi connectivity index (χ0v) is 11.2. The van der Waals surface area contributed by atoms with E-state index in [4.69, 9.17) is 18.9 Å². The summed E-state index contributed by atoms with van der Waals surface area (Å²) < 4.78 is 23.1. The summed E-state index contributed by atoms with van der Waals surface area (Å²) in [6.07, 6.45) is -0.154. The van der Waals surface area contributed by atoms with Gasteiger partial charge in [0, 0.05) is 10.0 Å². The molecule has 2 aliphatic rings. The first-order chi connectivity index (χ1) is 8.15. The van der Waals surface area contributed by atoms with Crippen LogP contribution in [0.5, 0.6) is 11.5 Å². The predicted molar refractivity (Wildman–Crippen MR) is 64.1 cm³/mol. The smallest absolute Gasteiger partial charge is 0.231 e.